The number of phenolic OH excluding ortho intramolecular Hbond substituents is 1. The van der Waals surface area contributed by atoms with Crippen LogP contribution in [0.5, 0.6) is 17.4 Å². The van der Waals surface area contributed by atoms with Crippen LogP contribution in [0, 0.1) is 0 Å². The second-order valence-electron chi connectivity index (χ2n) is 8.08. The summed E-state index contributed by atoms with van der Waals surface area (Å²) in [6, 6.07) is 12.9. The molecule has 1 saturated heterocycles. The van der Waals surface area contributed by atoms with Crippen LogP contribution in [0.1, 0.15) is 16.8 Å². The van der Waals surface area contributed by atoms with E-state index in [1.807, 2.05) is 30.3 Å². The van der Waals surface area contributed by atoms with E-state index in [0.29, 0.717) is 30.5 Å². The number of aromatic amines is 2. The number of pyridine rings is 1. The predicted molar refractivity (Wildman–Crippen MR) is 132 cm³/mol. The maximum Gasteiger partial charge on any atom is 0.340 e. The summed E-state index contributed by atoms with van der Waals surface area (Å²) in [6.45, 7) is 4.63. The number of fused-ring (bicyclic) bond motifs is 1. The van der Waals surface area contributed by atoms with E-state index in [0.717, 1.165) is 29.3 Å². The first kappa shape index (κ1) is 25.0. The van der Waals surface area contributed by atoms with E-state index in [1.165, 1.54) is 12.1 Å². The summed E-state index contributed by atoms with van der Waals surface area (Å²) in [7, 11) is 0. The smallest absolute Gasteiger partial charge is 0.340 e. The Hall–Kier alpha value is -5.13. The number of ether oxygens (including phenoxy) is 1. The van der Waals surface area contributed by atoms with Gasteiger partial charge in [-0.25, -0.2) is 19.7 Å². The average molecular weight is 505 g/mol. The number of aromatic nitrogens is 4. The first-order chi connectivity index (χ1) is 17.7. The largest absolute Gasteiger partial charge is 0.508 e. The number of carbonyl (C=O) groups is 2. The Balaban J connectivity index is 0.000000245. The van der Waals surface area contributed by atoms with Crippen molar-refractivity contribution in [3.05, 3.63) is 77.2 Å². The fourth-order valence-corrected chi connectivity index (χ4v) is 3.78. The third kappa shape index (κ3) is 5.75. The molecule has 0 aliphatic carbocycles. The van der Waals surface area contributed by atoms with Crippen LogP contribution < -0.4 is 10.4 Å². The van der Waals surface area contributed by atoms with Gasteiger partial charge < -0.3 is 25.0 Å². The van der Waals surface area contributed by atoms with Crippen molar-refractivity contribution in [1.29, 1.82) is 0 Å². The van der Waals surface area contributed by atoms with E-state index in [-0.39, 0.29) is 29.1 Å². The minimum Gasteiger partial charge on any atom is -0.508 e. The number of hydrogen-bond acceptors (Lipinski definition) is 8. The van der Waals surface area contributed by atoms with Crippen molar-refractivity contribution in [2.75, 3.05) is 13.1 Å². The van der Waals surface area contributed by atoms with Crippen LogP contribution in [-0.2, 0) is 4.79 Å². The van der Waals surface area contributed by atoms with Crippen LogP contribution >= 0.6 is 0 Å². The predicted octanol–water partition coefficient (Wildman–Crippen LogP) is 2.27. The number of phenols is 2. The summed E-state index contributed by atoms with van der Waals surface area (Å²) < 4.78 is 6.11. The van der Waals surface area contributed by atoms with Gasteiger partial charge in [0.25, 0.3) is 0 Å². The molecule has 1 aliphatic heterocycles. The molecule has 5 rings (SSSR count). The summed E-state index contributed by atoms with van der Waals surface area (Å²) in [5.41, 5.74) is -0.189. The first-order valence-corrected chi connectivity index (χ1v) is 11.1. The van der Waals surface area contributed by atoms with Crippen LogP contribution in [-0.4, -0.2) is 71.5 Å². The van der Waals surface area contributed by atoms with Crippen LogP contribution in [0.15, 0.2) is 66.0 Å². The lowest BCUT2D eigenvalue weighted by Gasteiger charge is -2.16. The molecular formula is C25H23N5O7. The molecule has 0 unspecified atom stereocenters. The first-order valence-electron chi connectivity index (χ1n) is 11.1. The number of aromatic hydroxyl groups is 2. The van der Waals surface area contributed by atoms with E-state index < -0.39 is 11.7 Å². The molecule has 4 aromatic rings. The Labute approximate surface area is 209 Å². The summed E-state index contributed by atoms with van der Waals surface area (Å²) in [6.07, 6.45) is 1.88. The van der Waals surface area contributed by atoms with Gasteiger partial charge in [-0.05, 0) is 41.8 Å². The van der Waals surface area contributed by atoms with Crippen LogP contribution in [0.25, 0.3) is 22.3 Å². The van der Waals surface area contributed by atoms with Gasteiger partial charge in [0.15, 0.2) is 5.82 Å². The van der Waals surface area contributed by atoms with E-state index in [2.05, 4.69) is 26.7 Å². The summed E-state index contributed by atoms with van der Waals surface area (Å²) in [5, 5.41) is 34.2. The molecule has 2 aromatic heterocycles. The molecule has 12 heteroatoms. The number of nitrogens with one attached hydrogen (secondary N) is 2. The van der Waals surface area contributed by atoms with Gasteiger partial charge in [-0.3, -0.25) is 9.78 Å². The lowest BCUT2D eigenvalue weighted by atomic mass is 10.1. The number of likely N-dealkylation sites (tertiary alicyclic amines) is 1. The molecule has 3 heterocycles. The molecule has 37 heavy (non-hydrogen) atoms. The number of amides is 1. The molecule has 12 nitrogen and oxygen atoms in total. The summed E-state index contributed by atoms with van der Waals surface area (Å²) in [5.74, 6) is -1.09. The van der Waals surface area contributed by atoms with Crippen molar-refractivity contribution in [1.82, 2.24) is 25.1 Å². The van der Waals surface area contributed by atoms with Gasteiger partial charge in [0.05, 0.1) is 6.54 Å². The standard InChI is InChI=1S/C18H17N5O3.C7H6O4/c1-2-15(24)23-8-7-12(10-23)26-17-13-6-4-3-5-11(13)9-14(19-17)16-20-18(25)22-21-16;8-4-1-2-6(9)5(3-4)7(10)11/h2-6,9,12H,1,7-8,10H2,(H2,20,21,22,25);1-3,8-9H,(H,10,11)/t12-;/m0./s1. The number of nitrogens with zero attached hydrogens (tertiary/aromatic N) is 3. The van der Waals surface area contributed by atoms with Gasteiger partial charge in [0, 0.05) is 18.4 Å². The van der Waals surface area contributed by atoms with E-state index in [9.17, 15) is 14.4 Å². The van der Waals surface area contributed by atoms with Crippen molar-refractivity contribution in [3.8, 4) is 28.9 Å². The lowest BCUT2D eigenvalue weighted by Crippen LogP contribution is -2.29. The summed E-state index contributed by atoms with van der Waals surface area (Å²) >= 11 is 0. The number of H-pyrrole nitrogens is 2. The lowest BCUT2D eigenvalue weighted by molar-refractivity contribution is -0.125. The fourth-order valence-electron chi connectivity index (χ4n) is 3.78. The van der Waals surface area contributed by atoms with Crippen molar-refractivity contribution in [2.45, 2.75) is 12.5 Å². The zero-order valence-electron chi connectivity index (χ0n) is 19.4. The number of carbonyl (C=O) groups excluding carboxylic acids is 1. The molecule has 5 N–H and O–H groups in total. The van der Waals surface area contributed by atoms with Crippen LogP contribution in [0.4, 0.5) is 0 Å². The second-order valence-corrected chi connectivity index (χ2v) is 8.08. The van der Waals surface area contributed by atoms with E-state index in [4.69, 9.17) is 20.1 Å². The quantitative estimate of drug-likeness (QED) is 0.201. The minimum atomic E-state index is -1.27. The Bertz CT molecular complexity index is 1530. The number of hydrogen-bond donors (Lipinski definition) is 5. The monoisotopic (exact) mass is 505 g/mol. The molecule has 0 saturated carbocycles. The zero-order valence-corrected chi connectivity index (χ0v) is 19.4. The molecule has 0 bridgehead atoms. The fraction of sp³-hybridized carbons (Fsp3) is 0.160. The molecule has 1 amide bonds. The van der Waals surface area contributed by atoms with E-state index >= 15 is 0 Å². The van der Waals surface area contributed by atoms with Crippen molar-refractivity contribution < 1.29 is 29.6 Å². The van der Waals surface area contributed by atoms with Crippen molar-refractivity contribution >= 4 is 22.6 Å². The topological polar surface area (TPSA) is 182 Å². The highest BCUT2D eigenvalue weighted by atomic mass is 16.5. The molecular weight excluding hydrogens is 482 g/mol. The summed E-state index contributed by atoms with van der Waals surface area (Å²) in [4.78, 5) is 42.2. The highest BCUT2D eigenvalue weighted by Crippen LogP contribution is 2.29. The molecule has 0 radical (unpaired) electrons. The van der Waals surface area contributed by atoms with Gasteiger partial charge in [0.2, 0.25) is 11.8 Å². The van der Waals surface area contributed by atoms with Gasteiger partial charge in [-0.15, -0.1) is 0 Å². The number of benzene rings is 2. The molecule has 1 aliphatic rings. The normalized spacial score (nSPS) is 14.6. The van der Waals surface area contributed by atoms with Crippen molar-refractivity contribution in [3.63, 3.8) is 0 Å². The van der Waals surface area contributed by atoms with Crippen LogP contribution in [0.3, 0.4) is 0 Å². The third-order valence-corrected chi connectivity index (χ3v) is 5.57. The van der Waals surface area contributed by atoms with Crippen LogP contribution in [0.2, 0.25) is 0 Å². The molecule has 2 aromatic carbocycles. The maximum atomic E-state index is 11.8. The van der Waals surface area contributed by atoms with Gasteiger partial charge in [-0.2, -0.15) is 5.10 Å². The van der Waals surface area contributed by atoms with Gasteiger partial charge in [0.1, 0.15) is 28.9 Å². The molecule has 1 atom stereocenters. The third-order valence-electron chi connectivity index (χ3n) is 5.57. The number of carboxylic acids is 1. The Morgan fingerprint density at radius 3 is 2.62 bits per heavy atom. The Morgan fingerprint density at radius 1 is 1.16 bits per heavy atom. The average Bonchev–Trinajstić information content (AvgIpc) is 3.54. The number of aromatic carboxylic acids is 1. The molecule has 1 fully saturated rings. The minimum absolute atomic E-state index is 0.100. The second kappa shape index (κ2) is 10.6. The Kier molecular flexibility index (Phi) is 7.19. The Morgan fingerprint density at radius 2 is 1.95 bits per heavy atom. The van der Waals surface area contributed by atoms with Crippen molar-refractivity contribution in [2.24, 2.45) is 0 Å². The maximum absolute atomic E-state index is 11.8. The van der Waals surface area contributed by atoms with Gasteiger partial charge in [-0.1, -0.05) is 24.8 Å². The SMILES string of the molecule is C=CC(=O)N1CC[C@H](Oc2nc(-c3n[nH]c(=O)[nH]3)cc3ccccc23)C1.O=C(O)c1cc(O)ccc1O. The highest BCUT2D eigenvalue weighted by Gasteiger charge is 2.27. The van der Waals surface area contributed by atoms with Gasteiger partial charge >= 0.3 is 11.7 Å². The van der Waals surface area contributed by atoms with E-state index in [1.54, 1.807) is 4.90 Å². The number of rotatable bonds is 5. The zero-order chi connectivity index (χ0) is 26.5. The highest BCUT2D eigenvalue weighted by molar-refractivity contribution is 5.91. The molecule has 190 valence electrons. The molecule has 0 spiro atoms. The number of carboxylic acid groups (broad SMARTS) is 1.